The number of aliphatic hydroxyl groups excluding tert-OH is 1. The predicted octanol–water partition coefficient (Wildman–Crippen LogP) is 2.40. The molecule has 0 aliphatic heterocycles. The van der Waals surface area contributed by atoms with Crippen molar-refractivity contribution in [3.8, 4) is 0 Å². The molecule has 0 aliphatic rings. The molecule has 0 saturated heterocycles. The van der Waals surface area contributed by atoms with Gasteiger partial charge in [0.2, 0.25) is 0 Å². The number of nitrogens with one attached hydrogen (secondary N) is 1. The smallest absolute Gasteiger partial charge is 0.149 e. The summed E-state index contributed by atoms with van der Waals surface area (Å²) < 4.78 is 28.2. The first-order valence-electron chi connectivity index (χ1n) is 5.60. The molecule has 0 bridgehead atoms. The third-order valence-electron chi connectivity index (χ3n) is 2.50. The molecule has 1 unspecified atom stereocenters. The number of aliphatic hydroxyl groups is 1. The summed E-state index contributed by atoms with van der Waals surface area (Å²) in [7, 11) is 0. The van der Waals surface area contributed by atoms with Crippen LogP contribution in [0.15, 0.2) is 35.1 Å². The molecule has 1 heterocycles. The Morgan fingerprint density at radius 3 is 2.84 bits per heavy atom. The van der Waals surface area contributed by atoms with Gasteiger partial charge in [0, 0.05) is 25.0 Å². The molecular formula is C12H12BrF2N3O. The van der Waals surface area contributed by atoms with Crippen molar-refractivity contribution in [1.29, 1.82) is 0 Å². The Labute approximate surface area is 117 Å². The van der Waals surface area contributed by atoms with Crippen molar-refractivity contribution in [3.05, 3.63) is 46.7 Å². The van der Waals surface area contributed by atoms with E-state index in [2.05, 4.69) is 26.3 Å². The van der Waals surface area contributed by atoms with Crippen molar-refractivity contribution < 1.29 is 13.9 Å². The molecule has 19 heavy (non-hydrogen) atoms. The molecule has 4 nitrogen and oxygen atoms in total. The molecule has 2 rings (SSSR count). The first-order valence-corrected chi connectivity index (χ1v) is 6.39. The van der Waals surface area contributed by atoms with Crippen LogP contribution in [0.4, 0.5) is 14.5 Å². The first-order chi connectivity index (χ1) is 9.06. The summed E-state index contributed by atoms with van der Waals surface area (Å²) in [6.07, 6.45) is 2.60. The molecule has 0 radical (unpaired) electrons. The zero-order valence-corrected chi connectivity index (χ0v) is 11.4. The van der Waals surface area contributed by atoms with E-state index in [1.54, 1.807) is 23.1 Å². The second-order valence-corrected chi connectivity index (χ2v) is 4.86. The summed E-state index contributed by atoms with van der Waals surface area (Å²) in [5, 5.41) is 16.4. The fraction of sp³-hybridized carbons (Fsp3) is 0.250. The highest BCUT2D eigenvalue weighted by Crippen LogP contribution is 2.23. The largest absolute Gasteiger partial charge is 0.389 e. The van der Waals surface area contributed by atoms with Crippen LogP contribution in [0.3, 0.4) is 0 Å². The lowest BCUT2D eigenvalue weighted by molar-refractivity contribution is 0.161. The molecule has 2 aromatic rings. The van der Waals surface area contributed by atoms with E-state index in [-0.39, 0.29) is 16.7 Å². The molecule has 0 aliphatic carbocycles. The average molecular weight is 332 g/mol. The third kappa shape index (κ3) is 3.74. The summed E-state index contributed by atoms with van der Waals surface area (Å²) in [4.78, 5) is 0. The van der Waals surface area contributed by atoms with E-state index in [1.165, 1.54) is 6.07 Å². The Kier molecular flexibility index (Phi) is 4.49. The molecule has 2 N–H and O–H groups in total. The number of nitrogens with zero attached hydrogens (tertiary/aromatic N) is 2. The fourth-order valence-corrected chi connectivity index (χ4v) is 1.92. The molecular weight excluding hydrogens is 320 g/mol. The normalized spacial score (nSPS) is 12.4. The van der Waals surface area contributed by atoms with Crippen LogP contribution in [0.1, 0.15) is 0 Å². The van der Waals surface area contributed by atoms with Gasteiger partial charge in [0.15, 0.2) is 0 Å². The van der Waals surface area contributed by atoms with Crippen LogP contribution in [0.2, 0.25) is 0 Å². The number of benzene rings is 1. The number of hydrogen-bond donors (Lipinski definition) is 2. The van der Waals surface area contributed by atoms with Gasteiger partial charge in [-0.15, -0.1) is 0 Å². The highest BCUT2D eigenvalue weighted by atomic mass is 79.9. The molecule has 0 fully saturated rings. The monoisotopic (exact) mass is 331 g/mol. The van der Waals surface area contributed by atoms with Crippen LogP contribution >= 0.6 is 15.9 Å². The van der Waals surface area contributed by atoms with Gasteiger partial charge in [-0.05, 0) is 28.1 Å². The Balaban J connectivity index is 1.93. The van der Waals surface area contributed by atoms with Crippen LogP contribution in [-0.4, -0.2) is 27.5 Å². The summed E-state index contributed by atoms with van der Waals surface area (Å²) in [5.41, 5.74) is 0.132. The van der Waals surface area contributed by atoms with Crippen LogP contribution in [-0.2, 0) is 6.54 Å². The van der Waals surface area contributed by atoms with Crippen LogP contribution in [0, 0.1) is 11.6 Å². The van der Waals surface area contributed by atoms with Gasteiger partial charge < -0.3 is 10.4 Å². The molecule has 102 valence electrons. The SMILES string of the molecule is OC(CNc1cc(Br)c(F)cc1F)Cn1cccn1. The fourth-order valence-electron chi connectivity index (χ4n) is 1.57. The zero-order chi connectivity index (χ0) is 13.8. The van der Waals surface area contributed by atoms with Gasteiger partial charge in [0.05, 0.1) is 22.8 Å². The van der Waals surface area contributed by atoms with Crippen LogP contribution in [0.5, 0.6) is 0 Å². The second kappa shape index (κ2) is 6.12. The molecule has 1 aromatic carbocycles. The topological polar surface area (TPSA) is 50.1 Å². The van der Waals surface area contributed by atoms with E-state index in [1.807, 2.05) is 0 Å². The average Bonchev–Trinajstić information content (AvgIpc) is 2.85. The Bertz CT molecular complexity index is 548. The molecule has 7 heteroatoms. The zero-order valence-electron chi connectivity index (χ0n) is 9.85. The van der Waals surface area contributed by atoms with Crippen molar-refractivity contribution in [2.24, 2.45) is 0 Å². The van der Waals surface area contributed by atoms with Gasteiger partial charge in [-0.3, -0.25) is 4.68 Å². The van der Waals surface area contributed by atoms with Crippen LogP contribution < -0.4 is 5.32 Å². The van der Waals surface area contributed by atoms with Crippen molar-refractivity contribution in [1.82, 2.24) is 9.78 Å². The number of anilines is 1. The van der Waals surface area contributed by atoms with E-state index in [4.69, 9.17) is 0 Å². The van der Waals surface area contributed by atoms with Gasteiger partial charge in [-0.2, -0.15) is 5.10 Å². The Morgan fingerprint density at radius 2 is 2.16 bits per heavy atom. The standard InChI is InChI=1S/C12H12BrF2N3O/c13-9-4-12(11(15)5-10(9)14)16-6-8(19)7-18-3-1-2-17-18/h1-5,8,16,19H,6-7H2. The number of rotatable bonds is 5. The number of hydrogen-bond acceptors (Lipinski definition) is 3. The van der Waals surface area contributed by atoms with Crippen molar-refractivity contribution in [2.75, 3.05) is 11.9 Å². The lowest BCUT2D eigenvalue weighted by Gasteiger charge is -2.13. The molecule has 0 spiro atoms. The number of halogens is 3. The van der Waals surface area contributed by atoms with Crippen molar-refractivity contribution in [2.45, 2.75) is 12.6 Å². The quantitative estimate of drug-likeness (QED) is 0.827. The molecule has 1 atom stereocenters. The van der Waals surface area contributed by atoms with E-state index >= 15 is 0 Å². The minimum atomic E-state index is -0.733. The van der Waals surface area contributed by atoms with E-state index in [0.29, 0.717) is 6.54 Å². The van der Waals surface area contributed by atoms with Gasteiger partial charge in [0.25, 0.3) is 0 Å². The molecule has 0 amide bonds. The summed E-state index contributed by atoms with van der Waals surface area (Å²) in [6, 6.07) is 3.83. The van der Waals surface area contributed by atoms with E-state index in [9.17, 15) is 13.9 Å². The highest BCUT2D eigenvalue weighted by molar-refractivity contribution is 9.10. The summed E-state index contributed by atoms with van der Waals surface area (Å²) in [5.74, 6) is -1.37. The van der Waals surface area contributed by atoms with E-state index < -0.39 is 17.7 Å². The van der Waals surface area contributed by atoms with Gasteiger partial charge >= 0.3 is 0 Å². The van der Waals surface area contributed by atoms with Crippen molar-refractivity contribution in [3.63, 3.8) is 0 Å². The molecule has 0 saturated carbocycles. The minimum Gasteiger partial charge on any atom is -0.389 e. The maximum absolute atomic E-state index is 13.4. The number of aromatic nitrogens is 2. The highest BCUT2D eigenvalue weighted by Gasteiger charge is 2.10. The first kappa shape index (κ1) is 14.0. The maximum Gasteiger partial charge on any atom is 0.149 e. The lowest BCUT2D eigenvalue weighted by atomic mass is 10.2. The third-order valence-corrected chi connectivity index (χ3v) is 3.10. The van der Waals surface area contributed by atoms with E-state index in [0.717, 1.165) is 6.07 Å². The van der Waals surface area contributed by atoms with Gasteiger partial charge in [0.1, 0.15) is 11.6 Å². The maximum atomic E-state index is 13.4. The lowest BCUT2D eigenvalue weighted by Crippen LogP contribution is -2.25. The van der Waals surface area contributed by atoms with Gasteiger partial charge in [-0.25, -0.2) is 8.78 Å². The van der Waals surface area contributed by atoms with Crippen molar-refractivity contribution >= 4 is 21.6 Å². The van der Waals surface area contributed by atoms with Gasteiger partial charge in [-0.1, -0.05) is 0 Å². The van der Waals surface area contributed by atoms with Crippen LogP contribution in [0.25, 0.3) is 0 Å². The second-order valence-electron chi connectivity index (χ2n) is 4.01. The summed E-state index contributed by atoms with van der Waals surface area (Å²) in [6.45, 7) is 0.429. The Morgan fingerprint density at radius 1 is 1.37 bits per heavy atom. The summed E-state index contributed by atoms with van der Waals surface area (Å²) >= 11 is 2.98. The Hall–Kier alpha value is -1.47. The minimum absolute atomic E-state index is 0.132. The predicted molar refractivity (Wildman–Crippen MR) is 70.8 cm³/mol. The molecule has 1 aromatic heterocycles.